The largest absolute Gasteiger partial charge is 0.303 e. The van der Waals surface area contributed by atoms with E-state index in [0.717, 1.165) is 17.9 Å². The summed E-state index contributed by atoms with van der Waals surface area (Å²) in [6.45, 7) is 0. The van der Waals surface area contributed by atoms with Crippen LogP contribution in [0.25, 0.3) is 0 Å². The van der Waals surface area contributed by atoms with Gasteiger partial charge >= 0.3 is 0 Å². The Bertz CT molecular complexity index is 444. The number of hydrogen-bond donors (Lipinski definition) is 0. The van der Waals surface area contributed by atoms with Gasteiger partial charge in [0.05, 0.1) is 0 Å². The number of rotatable bonds is 2. The summed E-state index contributed by atoms with van der Waals surface area (Å²) in [7, 11) is 2.16. The highest BCUT2D eigenvalue weighted by atomic mass is 35.5. The van der Waals surface area contributed by atoms with Gasteiger partial charge in [0.25, 0.3) is 0 Å². The second-order valence-electron chi connectivity index (χ2n) is 5.57. The van der Waals surface area contributed by atoms with E-state index in [1.807, 2.05) is 12.1 Å². The Labute approximate surface area is 113 Å². The number of halogens is 1. The molecular formula is C15H18ClNO. The number of carbonyl (C=O) groups is 1. The molecule has 96 valence electrons. The minimum absolute atomic E-state index is 0.134. The third kappa shape index (κ3) is 1.88. The molecule has 2 bridgehead atoms. The van der Waals surface area contributed by atoms with Crippen LogP contribution in [0.15, 0.2) is 24.3 Å². The van der Waals surface area contributed by atoms with E-state index in [1.165, 1.54) is 18.3 Å². The van der Waals surface area contributed by atoms with Gasteiger partial charge in [-0.2, -0.15) is 0 Å². The fraction of sp³-hybridized carbons (Fsp3) is 0.533. The number of carbonyl (C=O) groups excluding carboxylic acids is 1. The van der Waals surface area contributed by atoms with E-state index >= 15 is 0 Å². The molecule has 0 saturated carbocycles. The van der Waals surface area contributed by atoms with Crippen LogP contribution >= 0.6 is 11.6 Å². The van der Waals surface area contributed by atoms with Crippen molar-refractivity contribution in [2.24, 2.45) is 5.92 Å². The first kappa shape index (κ1) is 12.2. The van der Waals surface area contributed by atoms with Crippen molar-refractivity contribution in [1.29, 1.82) is 0 Å². The summed E-state index contributed by atoms with van der Waals surface area (Å²) in [4.78, 5) is 13.9. The number of benzene rings is 1. The molecule has 0 amide bonds. The molecule has 2 heterocycles. The van der Waals surface area contributed by atoms with Crippen molar-refractivity contribution in [2.75, 3.05) is 7.05 Å². The van der Waals surface area contributed by atoms with E-state index in [4.69, 9.17) is 11.6 Å². The van der Waals surface area contributed by atoms with Gasteiger partial charge in [-0.15, -0.1) is 0 Å². The van der Waals surface area contributed by atoms with Crippen molar-refractivity contribution in [3.8, 4) is 0 Å². The summed E-state index contributed by atoms with van der Waals surface area (Å²) in [6, 6.07) is 9.09. The Hall–Kier alpha value is -0.860. The van der Waals surface area contributed by atoms with E-state index in [0.29, 0.717) is 18.0 Å². The van der Waals surface area contributed by atoms with Crippen molar-refractivity contribution in [3.05, 3.63) is 34.9 Å². The summed E-state index contributed by atoms with van der Waals surface area (Å²) in [5.41, 5.74) is 1.27. The van der Waals surface area contributed by atoms with Crippen LogP contribution in [-0.2, 0) is 4.79 Å². The first-order chi connectivity index (χ1) is 8.70. The van der Waals surface area contributed by atoms with Crippen LogP contribution in [0.1, 0.15) is 30.7 Å². The Balaban J connectivity index is 1.92. The minimum atomic E-state index is 0.134. The fourth-order valence-electron chi connectivity index (χ4n) is 3.76. The van der Waals surface area contributed by atoms with Gasteiger partial charge in [-0.3, -0.25) is 4.90 Å². The third-order valence-corrected chi connectivity index (χ3v) is 5.04. The lowest BCUT2D eigenvalue weighted by atomic mass is 9.77. The molecule has 1 aromatic carbocycles. The van der Waals surface area contributed by atoms with Crippen LogP contribution in [0.5, 0.6) is 0 Å². The van der Waals surface area contributed by atoms with E-state index < -0.39 is 0 Å². The average molecular weight is 264 g/mol. The molecule has 0 radical (unpaired) electrons. The van der Waals surface area contributed by atoms with Gasteiger partial charge in [-0.25, -0.2) is 0 Å². The zero-order valence-corrected chi connectivity index (χ0v) is 11.3. The summed E-state index contributed by atoms with van der Waals surface area (Å²) in [6.07, 6.45) is 4.66. The molecule has 4 atom stereocenters. The molecule has 18 heavy (non-hydrogen) atoms. The number of fused-ring (bicyclic) bond motifs is 2. The zero-order valence-electron chi connectivity index (χ0n) is 10.6. The van der Waals surface area contributed by atoms with Crippen molar-refractivity contribution < 1.29 is 4.79 Å². The molecule has 0 N–H and O–H groups in total. The molecule has 2 aliphatic rings. The summed E-state index contributed by atoms with van der Waals surface area (Å²) in [5, 5.41) is 0.761. The fourth-order valence-corrected chi connectivity index (χ4v) is 3.89. The van der Waals surface area contributed by atoms with Crippen molar-refractivity contribution in [2.45, 2.75) is 37.3 Å². The Morgan fingerprint density at radius 2 is 2.00 bits per heavy atom. The van der Waals surface area contributed by atoms with Gasteiger partial charge < -0.3 is 4.79 Å². The second-order valence-corrected chi connectivity index (χ2v) is 6.01. The van der Waals surface area contributed by atoms with Crippen molar-refractivity contribution in [3.63, 3.8) is 0 Å². The molecular weight excluding hydrogens is 246 g/mol. The Morgan fingerprint density at radius 1 is 1.28 bits per heavy atom. The molecule has 2 saturated heterocycles. The predicted octanol–water partition coefficient (Wildman–Crippen LogP) is 3.11. The average Bonchev–Trinajstić information content (AvgIpc) is 2.63. The minimum Gasteiger partial charge on any atom is -0.303 e. The smallest absolute Gasteiger partial charge is 0.125 e. The van der Waals surface area contributed by atoms with Gasteiger partial charge in [0, 0.05) is 23.0 Å². The molecule has 0 spiro atoms. The van der Waals surface area contributed by atoms with Crippen LogP contribution in [0, 0.1) is 5.92 Å². The number of piperidine rings is 1. The van der Waals surface area contributed by atoms with Crippen molar-refractivity contribution >= 4 is 17.9 Å². The Kier molecular flexibility index (Phi) is 3.16. The lowest BCUT2D eigenvalue weighted by Gasteiger charge is -2.40. The van der Waals surface area contributed by atoms with Gasteiger partial charge in [0.15, 0.2) is 0 Å². The summed E-state index contributed by atoms with van der Waals surface area (Å²) < 4.78 is 0. The topological polar surface area (TPSA) is 20.3 Å². The summed E-state index contributed by atoms with van der Waals surface area (Å²) in [5.74, 6) is 0.503. The molecule has 0 unspecified atom stereocenters. The monoisotopic (exact) mass is 263 g/mol. The van der Waals surface area contributed by atoms with Gasteiger partial charge in [-0.05, 0) is 49.9 Å². The zero-order chi connectivity index (χ0) is 12.7. The van der Waals surface area contributed by atoms with Gasteiger partial charge in [0.1, 0.15) is 6.29 Å². The molecule has 2 nitrogen and oxygen atoms in total. The molecule has 0 aromatic heterocycles. The van der Waals surface area contributed by atoms with E-state index in [-0.39, 0.29) is 5.92 Å². The number of aldehydes is 1. The van der Waals surface area contributed by atoms with Crippen LogP contribution in [-0.4, -0.2) is 30.3 Å². The normalized spacial score (nSPS) is 35.7. The quantitative estimate of drug-likeness (QED) is 0.765. The maximum Gasteiger partial charge on any atom is 0.125 e. The molecule has 3 heteroatoms. The van der Waals surface area contributed by atoms with E-state index in [2.05, 4.69) is 24.1 Å². The van der Waals surface area contributed by atoms with Crippen LogP contribution in [0.3, 0.4) is 0 Å². The van der Waals surface area contributed by atoms with Gasteiger partial charge in [0.2, 0.25) is 0 Å². The van der Waals surface area contributed by atoms with Crippen LogP contribution in [0.2, 0.25) is 5.02 Å². The lowest BCUT2D eigenvalue weighted by Crippen LogP contribution is -2.46. The maximum atomic E-state index is 11.5. The Morgan fingerprint density at radius 3 is 2.67 bits per heavy atom. The highest BCUT2D eigenvalue weighted by Gasteiger charge is 2.45. The SMILES string of the molecule is CN1[C@H]2CC[C@@H]1[C@@H](C=O)[C@@H](c1ccc(Cl)cc1)C2. The number of hydrogen-bond acceptors (Lipinski definition) is 2. The number of nitrogens with zero attached hydrogens (tertiary/aromatic N) is 1. The first-order valence-corrected chi connectivity index (χ1v) is 7.01. The highest BCUT2D eigenvalue weighted by Crippen LogP contribution is 2.45. The van der Waals surface area contributed by atoms with E-state index in [9.17, 15) is 4.79 Å². The molecule has 1 aromatic rings. The predicted molar refractivity (Wildman–Crippen MR) is 72.9 cm³/mol. The van der Waals surface area contributed by atoms with Crippen molar-refractivity contribution in [1.82, 2.24) is 4.90 Å². The molecule has 2 fully saturated rings. The standard InChI is InChI=1S/C15H18ClNO/c1-17-12-6-7-15(17)14(9-18)13(8-12)10-2-4-11(16)5-3-10/h2-5,9,12-15H,6-8H2,1H3/t12-,13+,14-,15+/m0/s1. The highest BCUT2D eigenvalue weighted by molar-refractivity contribution is 6.30. The lowest BCUT2D eigenvalue weighted by molar-refractivity contribution is -0.114. The summed E-state index contributed by atoms with van der Waals surface area (Å²) >= 11 is 5.94. The van der Waals surface area contributed by atoms with Crippen LogP contribution < -0.4 is 0 Å². The van der Waals surface area contributed by atoms with Gasteiger partial charge in [-0.1, -0.05) is 23.7 Å². The maximum absolute atomic E-state index is 11.5. The first-order valence-electron chi connectivity index (χ1n) is 6.63. The molecule has 0 aliphatic carbocycles. The van der Waals surface area contributed by atoms with Crippen LogP contribution in [0.4, 0.5) is 0 Å². The second kappa shape index (κ2) is 4.67. The molecule has 2 aliphatic heterocycles. The third-order valence-electron chi connectivity index (χ3n) is 4.78. The molecule has 3 rings (SSSR count). The van der Waals surface area contributed by atoms with E-state index in [1.54, 1.807) is 0 Å².